The second-order valence-electron chi connectivity index (χ2n) is 8.13. The van der Waals surface area contributed by atoms with Gasteiger partial charge in [0.25, 0.3) is 5.56 Å². The molecule has 1 N–H and O–H groups in total. The van der Waals surface area contributed by atoms with Gasteiger partial charge in [-0.25, -0.2) is 13.1 Å². The Hall–Kier alpha value is -3.34. The third-order valence-corrected chi connectivity index (χ3v) is 7.57. The highest BCUT2D eigenvalue weighted by Gasteiger charge is 2.28. The molecular weight excluding hydrogens is 456 g/mol. The zero-order valence-corrected chi connectivity index (χ0v) is 19.8. The number of benzene rings is 2. The van der Waals surface area contributed by atoms with Crippen LogP contribution in [0.5, 0.6) is 0 Å². The molecule has 0 aliphatic carbocycles. The van der Waals surface area contributed by atoms with Gasteiger partial charge in [0.05, 0.1) is 23.8 Å². The van der Waals surface area contributed by atoms with E-state index in [0.717, 1.165) is 10.2 Å². The molecule has 2 aromatic carbocycles. The number of hydrogen-bond donors (Lipinski definition) is 1. The van der Waals surface area contributed by atoms with Gasteiger partial charge in [0.1, 0.15) is 6.54 Å². The first-order valence-electron chi connectivity index (χ1n) is 10.9. The number of amides is 1. The van der Waals surface area contributed by atoms with Crippen molar-refractivity contribution in [3.63, 3.8) is 0 Å². The SMILES string of the molecule is Cc1cccc(NC(=O)Cn2nc(-c3ccc(C)c(S(=O)(=O)N4CCOCC4)c3)ccc2=O)c1. The van der Waals surface area contributed by atoms with E-state index in [1.165, 1.54) is 16.4 Å². The van der Waals surface area contributed by atoms with Crippen molar-refractivity contribution in [3.05, 3.63) is 76.1 Å². The van der Waals surface area contributed by atoms with Gasteiger partial charge in [-0.1, -0.05) is 24.3 Å². The predicted octanol–water partition coefficient (Wildman–Crippen LogP) is 2.19. The van der Waals surface area contributed by atoms with E-state index in [9.17, 15) is 18.0 Å². The number of carbonyl (C=O) groups is 1. The van der Waals surface area contributed by atoms with Crippen LogP contribution in [0.15, 0.2) is 64.3 Å². The van der Waals surface area contributed by atoms with Gasteiger partial charge in [0.2, 0.25) is 15.9 Å². The van der Waals surface area contributed by atoms with E-state index in [1.54, 1.807) is 31.2 Å². The first kappa shape index (κ1) is 23.8. The molecule has 0 atom stereocenters. The van der Waals surface area contributed by atoms with Crippen molar-refractivity contribution in [2.24, 2.45) is 0 Å². The van der Waals surface area contributed by atoms with E-state index in [4.69, 9.17) is 4.74 Å². The van der Waals surface area contributed by atoms with Crippen molar-refractivity contribution in [1.29, 1.82) is 0 Å². The van der Waals surface area contributed by atoms with E-state index in [0.29, 0.717) is 48.8 Å². The van der Waals surface area contributed by atoms with Crippen LogP contribution in [-0.4, -0.2) is 54.7 Å². The highest BCUT2D eigenvalue weighted by Crippen LogP contribution is 2.26. The lowest BCUT2D eigenvalue weighted by Gasteiger charge is -2.26. The Kier molecular flexibility index (Phi) is 6.92. The lowest BCUT2D eigenvalue weighted by atomic mass is 10.1. The summed E-state index contributed by atoms with van der Waals surface area (Å²) in [6, 6.07) is 15.2. The van der Waals surface area contributed by atoms with Crippen molar-refractivity contribution in [2.45, 2.75) is 25.3 Å². The number of aromatic nitrogens is 2. The summed E-state index contributed by atoms with van der Waals surface area (Å²) >= 11 is 0. The molecular formula is C24H26N4O5S. The first-order chi connectivity index (χ1) is 16.2. The topological polar surface area (TPSA) is 111 Å². The van der Waals surface area contributed by atoms with Gasteiger partial charge in [-0.3, -0.25) is 9.59 Å². The maximum absolute atomic E-state index is 13.2. The van der Waals surface area contributed by atoms with Crippen LogP contribution >= 0.6 is 0 Å². The molecule has 1 fully saturated rings. The van der Waals surface area contributed by atoms with Crippen LogP contribution in [0.1, 0.15) is 11.1 Å². The minimum Gasteiger partial charge on any atom is -0.379 e. The predicted molar refractivity (Wildman–Crippen MR) is 128 cm³/mol. The van der Waals surface area contributed by atoms with Gasteiger partial charge in [0.15, 0.2) is 0 Å². The smallest absolute Gasteiger partial charge is 0.267 e. The lowest BCUT2D eigenvalue weighted by molar-refractivity contribution is -0.117. The maximum atomic E-state index is 13.2. The summed E-state index contributed by atoms with van der Waals surface area (Å²) in [7, 11) is -3.71. The molecule has 1 aromatic heterocycles. The van der Waals surface area contributed by atoms with Gasteiger partial charge in [-0.05, 0) is 49.2 Å². The Balaban J connectivity index is 1.60. The highest BCUT2D eigenvalue weighted by molar-refractivity contribution is 7.89. The van der Waals surface area contributed by atoms with Crippen LogP contribution < -0.4 is 10.9 Å². The van der Waals surface area contributed by atoms with Gasteiger partial charge in [0, 0.05) is 30.4 Å². The number of sulfonamides is 1. The van der Waals surface area contributed by atoms with Crippen LogP contribution in [-0.2, 0) is 26.1 Å². The molecule has 10 heteroatoms. The molecule has 1 aliphatic heterocycles. The quantitative estimate of drug-likeness (QED) is 0.577. The van der Waals surface area contributed by atoms with Crippen molar-refractivity contribution in [1.82, 2.24) is 14.1 Å². The standard InChI is InChI=1S/C24H26N4O5S/c1-17-4-3-5-20(14-17)25-23(29)16-28-24(30)9-8-21(26-28)19-7-6-18(2)22(15-19)34(31,32)27-10-12-33-13-11-27/h3-9,14-15H,10-13,16H2,1-2H3,(H,25,29). The summed E-state index contributed by atoms with van der Waals surface area (Å²) in [5, 5.41) is 7.08. The molecule has 2 heterocycles. The number of carbonyl (C=O) groups excluding carboxylic acids is 1. The number of rotatable bonds is 6. The van der Waals surface area contributed by atoms with E-state index in [1.807, 2.05) is 25.1 Å². The minimum atomic E-state index is -3.71. The molecule has 4 rings (SSSR count). The van der Waals surface area contributed by atoms with Crippen LogP contribution in [0, 0.1) is 13.8 Å². The number of nitrogens with zero attached hydrogens (tertiary/aromatic N) is 3. The largest absolute Gasteiger partial charge is 0.379 e. The Bertz CT molecular complexity index is 1380. The van der Waals surface area contributed by atoms with Crippen molar-refractivity contribution < 1.29 is 17.9 Å². The number of hydrogen-bond acceptors (Lipinski definition) is 6. The second-order valence-corrected chi connectivity index (χ2v) is 10.0. The lowest BCUT2D eigenvalue weighted by Crippen LogP contribution is -2.40. The van der Waals surface area contributed by atoms with Crippen molar-refractivity contribution >= 4 is 21.6 Å². The van der Waals surface area contributed by atoms with Crippen LogP contribution in [0.3, 0.4) is 0 Å². The Labute approximate surface area is 198 Å². The number of morpholine rings is 1. The zero-order chi connectivity index (χ0) is 24.3. The fourth-order valence-corrected chi connectivity index (χ4v) is 5.40. The van der Waals surface area contributed by atoms with Crippen LogP contribution in [0.25, 0.3) is 11.3 Å². The fourth-order valence-electron chi connectivity index (χ4n) is 3.74. The number of nitrogens with one attached hydrogen (secondary N) is 1. The Morgan fingerprint density at radius 1 is 1.06 bits per heavy atom. The molecule has 0 unspecified atom stereocenters. The number of anilines is 1. The van der Waals surface area contributed by atoms with Gasteiger partial charge >= 0.3 is 0 Å². The summed E-state index contributed by atoms with van der Waals surface area (Å²) < 4.78 is 34.1. The summed E-state index contributed by atoms with van der Waals surface area (Å²) in [5.74, 6) is -0.392. The fraction of sp³-hybridized carbons (Fsp3) is 0.292. The average molecular weight is 483 g/mol. The molecule has 9 nitrogen and oxygen atoms in total. The number of ether oxygens (including phenoxy) is 1. The molecule has 0 radical (unpaired) electrons. The normalized spacial score (nSPS) is 14.6. The summed E-state index contributed by atoms with van der Waals surface area (Å²) in [6.07, 6.45) is 0. The molecule has 3 aromatic rings. The summed E-state index contributed by atoms with van der Waals surface area (Å²) in [4.78, 5) is 25.0. The van der Waals surface area contributed by atoms with E-state index in [2.05, 4.69) is 10.4 Å². The molecule has 0 spiro atoms. The van der Waals surface area contributed by atoms with Crippen LogP contribution in [0.2, 0.25) is 0 Å². The number of aryl methyl sites for hydroxylation is 2. The molecule has 1 amide bonds. The monoisotopic (exact) mass is 482 g/mol. The van der Waals surface area contributed by atoms with E-state index in [-0.39, 0.29) is 11.4 Å². The van der Waals surface area contributed by atoms with Crippen molar-refractivity contribution in [2.75, 3.05) is 31.6 Å². The molecule has 0 saturated carbocycles. The zero-order valence-electron chi connectivity index (χ0n) is 19.0. The third-order valence-electron chi connectivity index (χ3n) is 5.53. The molecule has 178 valence electrons. The van der Waals surface area contributed by atoms with Crippen molar-refractivity contribution in [3.8, 4) is 11.3 Å². The molecule has 34 heavy (non-hydrogen) atoms. The average Bonchev–Trinajstić information content (AvgIpc) is 2.81. The third kappa shape index (κ3) is 5.24. The summed E-state index contributed by atoms with van der Waals surface area (Å²) in [5.41, 5.74) is 2.73. The Morgan fingerprint density at radius 2 is 1.82 bits per heavy atom. The second kappa shape index (κ2) is 9.88. The summed E-state index contributed by atoms with van der Waals surface area (Å²) in [6.45, 7) is 4.69. The maximum Gasteiger partial charge on any atom is 0.267 e. The van der Waals surface area contributed by atoms with E-state index >= 15 is 0 Å². The minimum absolute atomic E-state index is 0.184. The van der Waals surface area contributed by atoms with Gasteiger partial charge in [-0.15, -0.1) is 0 Å². The first-order valence-corrected chi connectivity index (χ1v) is 12.3. The molecule has 1 aliphatic rings. The molecule has 0 bridgehead atoms. The van der Waals surface area contributed by atoms with Gasteiger partial charge in [-0.2, -0.15) is 9.40 Å². The van der Waals surface area contributed by atoms with Crippen LogP contribution in [0.4, 0.5) is 5.69 Å². The Morgan fingerprint density at radius 3 is 2.56 bits per heavy atom. The van der Waals surface area contributed by atoms with E-state index < -0.39 is 21.5 Å². The van der Waals surface area contributed by atoms with Gasteiger partial charge < -0.3 is 10.1 Å². The highest BCUT2D eigenvalue weighted by atomic mass is 32.2. The molecule has 1 saturated heterocycles.